The number of ether oxygens (including phenoxy) is 4. The lowest BCUT2D eigenvalue weighted by molar-refractivity contribution is -0.219. The molecule has 398 valence electrons. The van der Waals surface area contributed by atoms with Crippen LogP contribution in [0.1, 0.15) is 295 Å². The molecule has 0 amide bonds. The van der Waals surface area contributed by atoms with Crippen LogP contribution in [0.25, 0.3) is 0 Å². The van der Waals surface area contributed by atoms with Crippen molar-refractivity contribution < 1.29 is 42.9 Å². The van der Waals surface area contributed by atoms with E-state index < -0.39 is 35.4 Å². The molecule has 1 aliphatic carbocycles. The third-order valence-corrected chi connectivity index (χ3v) is 13.6. The number of allylic oxidation sites excluding steroid dienone is 1. The van der Waals surface area contributed by atoms with Crippen LogP contribution in [0.3, 0.4) is 0 Å². The van der Waals surface area contributed by atoms with E-state index in [2.05, 4.69) is 27.7 Å². The molecule has 0 aromatic heterocycles. The van der Waals surface area contributed by atoms with Crippen LogP contribution in [0.2, 0.25) is 0 Å². The SMILES string of the molecule is CCCCCCCCCCCC(=O)OC1=CC(OC(=O)CCCCCCCCCCC)(OC(=O)CCCCCCCCCCC)C(C(=O)c2ccc(OC(=O)CCCCCCCCCCC)cc2)C=C1. The van der Waals surface area contributed by atoms with Gasteiger partial charge in [-0.05, 0) is 56.0 Å². The van der Waals surface area contributed by atoms with Crippen LogP contribution in [0, 0.1) is 5.92 Å². The highest BCUT2D eigenvalue weighted by Gasteiger charge is 2.50. The zero-order valence-corrected chi connectivity index (χ0v) is 45.1. The van der Waals surface area contributed by atoms with Crippen LogP contribution in [-0.2, 0) is 33.4 Å². The van der Waals surface area contributed by atoms with E-state index in [9.17, 15) is 24.0 Å². The molecule has 2 rings (SSSR count). The highest BCUT2D eigenvalue weighted by molar-refractivity contribution is 6.00. The third kappa shape index (κ3) is 30.2. The van der Waals surface area contributed by atoms with Crippen molar-refractivity contribution in [3.05, 3.63) is 53.8 Å². The lowest BCUT2D eigenvalue weighted by Gasteiger charge is -2.37. The summed E-state index contributed by atoms with van der Waals surface area (Å²) in [5.41, 5.74) is 0.252. The van der Waals surface area contributed by atoms with Gasteiger partial charge in [-0.15, -0.1) is 0 Å². The zero-order valence-electron chi connectivity index (χ0n) is 45.1. The summed E-state index contributed by atoms with van der Waals surface area (Å²) in [6.07, 6.45) is 44.8. The normalized spacial score (nSPS) is 14.0. The van der Waals surface area contributed by atoms with Crippen molar-refractivity contribution in [3.63, 3.8) is 0 Å². The Morgan fingerprint density at radius 1 is 0.386 bits per heavy atom. The van der Waals surface area contributed by atoms with Gasteiger partial charge in [-0.3, -0.25) is 24.0 Å². The van der Waals surface area contributed by atoms with E-state index in [1.165, 1.54) is 153 Å². The van der Waals surface area contributed by atoms with Crippen molar-refractivity contribution in [1.29, 1.82) is 0 Å². The second-order valence-electron chi connectivity index (χ2n) is 20.2. The molecule has 0 spiro atoms. The molecule has 1 aliphatic rings. The summed E-state index contributed by atoms with van der Waals surface area (Å²) in [5.74, 6) is -5.50. The first-order chi connectivity index (χ1) is 34.2. The van der Waals surface area contributed by atoms with E-state index in [0.29, 0.717) is 31.4 Å². The standard InChI is InChI=1S/C61H100O9/c1-5-9-13-17-21-25-29-33-37-41-56(62)67-53-47-45-52(46-48-53)60(66)55-50-49-54(68-57(63)42-38-34-30-26-22-18-14-10-6-2)51-61(55,69-58(64)43-39-35-31-27-23-19-15-11-7-3)70-59(65)44-40-36-32-28-24-20-16-12-8-4/h45-51,55H,5-44H2,1-4H3. The Morgan fingerprint density at radius 3 is 1.03 bits per heavy atom. The van der Waals surface area contributed by atoms with E-state index in [1.54, 1.807) is 24.3 Å². The molecule has 0 fully saturated rings. The second kappa shape index (κ2) is 41.8. The van der Waals surface area contributed by atoms with E-state index >= 15 is 0 Å². The summed E-state index contributed by atoms with van der Waals surface area (Å²) in [6.45, 7) is 8.86. The van der Waals surface area contributed by atoms with Gasteiger partial charge in [0.25, 0.3) is 5.79 Å². The molecule has 0 radical (unpaired) electrons. The number of hydrogen-bond acceptors (Lipinski definition) is 9. The van der Waals surface area contributed by atoms with Crippen molar-refractivity contribution in [2.45, 2.75) is 290 Å². The topological polar surface area (TPSA) is 122 Å². The van der Waals surface area contributed by atoms with Crippen LogP contribution in [0.5, 0.6) is 5.75 Å². The van der Waals surface area contributed by atoms with Crippen LogP contribution in [0.4, 0.5) is 0 Å². The molecule has 1 unspecified atom stereocenters. The number of carbonyl (C=O) groups excluding carboxylic acids is 5. The van der Waals surface area contributed by atoms with Gasteiger partial charge >= 0.3 is 23.9 Å². The van der Waals surface area contributed by atoms with E-state index in [4.69, 9.17) is 18.9 Å². The summed E-state index contributed by atoms with van der Waals surface area (Å²) in [7, 11) is 0. The minimum absolute atomic E-state index is 0.0611. The molecular formula is C61H100O9. The van der Waals surface area contributed by atoms with Crippen LogP contribution >= 0.6 is 0 Å². The zero-order chi connectivity index (χ0) is 50.8. The Balaban J connectivity index is 2.25. The van der Waals surface area contributed by atoms with Gasteiger partial charge in [0.15, 0.2) is 5.78 Å². The average molecular weight is 977 g/mol. The fourth-order valence-corrected chi connectivity index (χ4v) is 9.21. The monoisotopic (exact) mass is 977 g/mol. The molecule has 9 nitrogen and oxygen atoms in total. The summed E-state index contributed by atoms with van der Waals surface area (Å²) in [6, 6.07) is 6.30. The molecule has 1 aromatic carbocycles. The van der Waals surface area contributed by atoms with Crippen LogP contribution in [0.15, 0.2) is 48.3 Å². The minimum atomic E-state index is -2.19. The molecule has 0 aliphatic heterocycles. The van der Waals surface area contributed by atoms with Gasteiger partial charge in [0.2, 0.25) is 0 Å². The molecule has 9 heteroatoms. The highest BCUT2D eigenvalue weighted by Crippen LogP contribution is 2.37. The van der Waals surface area contributed by atoms with Gasteiger partial charge in [0, 0.05) is 37.3 Å². The maximum absolute atomic E-state index is 14.6. The summed E-state index contributed by atoms with van der Waals surface area (Å²) < 4.78 is 23.9. The Morgan fingerprint density at radius 2 is 0.686 bits per heavy atom. The quantitative estimate of drug-likeness (QED) is 0.0207. The average Bonchev–Trinajstić information content (AvgIpc) is 3.34. The molecule has 1 atom stereocenters. The molecule has 0 heterocycles. The van der Waals surface area contributed by atoms with E-state index in [1.807, 2.05) is 0 Å². The number of benzene rings is 1. The molecular weight excluding hydrogens is 877 g/mol. The first-order valence-corrected chi connectivity index (χ1v) is 29.1. The molecule has 0 bridgehead atoms. The number of ketones is 1. The van der Waals surface area contributed by atoms with Crippen molar-refractivity contribution in [2.24, 2.45) is 5.92 Å². The highest BCUT2D eigenvalue weighted by atomic mass is 16.7. The maximum atomic E-state index is 14.6. The number of esters is 4. The molecule has 1 aromatic rings. The summed E-state index contributed by atoms with van der Waals surface area (Å²) in [4.78, 5) is 68.3. The van der Waals surface area contributed by atoms with Crippen molar-refractivity contribution in [1.82, 2.24) is 0 Å². The number of hydrogen-bond donors (Lipinski definition) is 0. The lowest BCUT2D eigenvalue weighted by atomic mass is 9.85. The Labute approximate surface area is 426 Å². The summed E-state index contributed by atoms with van der Waals surface area (Å²) in [5, 5.41) is 0. The Kier molecular flexibility index (Phi) is 37.3. The molecule has 70 heavy (non-hydrogen) atoms. The molecule has 0 saturated heterocycles. The van der Waals surface area contributed by atoms with Crippen LogP contribution in [-0.4, -0.2) is 35.4 Å². The summed E-state index contributed by atoms with van der Waals surface area (Å²) >= 11 is 0. The predicted octanol–water partition coefficient (Wildman–Crippen LogP) is 17.9. The van der Waals surface area contributed by atoms with Gasteiger partial charge in [-0.2, -0.15) is 0 Å². The number of unbranched alkanes of at least 4 members (excludes halogenated alkanes) is 32. The maximum Gasteiger partial charge on any atom is 0.311 e. The van der Waals surface area contributed by atoms with Gasteiger partial charge in [-0.25, -0.2) is 0 Å². The van der Waals surface area contributed by atoms with E-state index in [0.717, 1.165) is 77.0 Å². The first-order valence-electron chi connectivity index (χ1n) is 29.1. The fourth-order valence-electron chi connectivity index (χ4n) is 9.21. The lowest BCUT2D eigenvalue weighted by Crippen LogP contribution is -2.49. The van der Waals surface area contributed by atoms with Crippen molar-refractivity contribution in [2.75, 3.05) is 0 Å². The number of carbonyl (C=O) groups is 5. The number of Topliss-reactive ketones (excluding diaryl/α,β-unsaturated/α-hetero) is 1. The van der Waals surface area contributed by atoms with Crippen molar-refractivity contribution in [3.8, 4) is 5.75 Å². The van der Waals surface area contributed by atoms with Gasteiger partial charge in [0.1, 0.15) is 17.4 Å². The third-order valence-electron chi connectivity index (χ3n) is 13.6. The second-order valence-corrected chi connectivity index (χ2v) is 20.2. The van der Waals surface area contributed by atoms with E-state index in [-0.39, 0.29) is 36.6 Å². The minimum Gasteiger partial charge on any atom is -0.427 e. The van der Waals surface area contributed by atoms with Gasteiger partial charge < -0.3 is 18.9 Å². The van der Waals surface area contributed by atoms with Gasteiger partial charge in [-0.1, -0.05) is 239 Å². The van der Waals surface area contributed by atoms with Gasteiger partial charge in [0.05, 0.1) is 0 Å². The largest absolute Gasteiger partial charge is 0.427 e. The number of rotatable bonds is 46. The fraction of sp³-hybridized carbons (Fsp3) is 0.754. The predicted molar refractivity (Wildman–Crippen MR) is 286 cm³/mol. The molecule has 0 N–H and O–H groups in total. The van der Waals surface area contributed by atoms with Crippen molar-refractivity contribution >= 4 is 29.7 Å². The van der Waals surface area contributed by atoms with Crippen LogP contribution < -0.4 is 4.74 Å². The Hall–Kier alpha value is -3.75. The molecule has 0 saturated carbocycles. The Bertz CT molecular complexity index is 1560. The smallest absolute Gasteiger partial charge is 0.311 e. The first kappa shape index (κ1) is 62.4.